The van der Waals surface area contributed by atoms with Gasteiger partial charge < -0.3 is 0 Å². The second-order valence-electron chi connectivity index (χ2n) is 2.85. The van der Waals surface area contributed by atoms with Gasteiger partial charge in [0.15, 0.2) is 11.6 Å². The summed E-state index contributed by atoms with van der Waals surface area (Å²) in [5.41, 5.74) is 1.56. The summed E-state index contributed by atoms with van der Waals surface area (Å²) in [6.07, 6.45) is 2.54. The summed E-state index contributed by atoms with van der Waals surface area (Å²) in [5.74, 6) is -1.36. The predicted molar refractivity (Wildman–Crippen MR) is 38.4 cm³/mol. The predicted octanol–water partition coefficient (Wildman–Crippen LogP) is 2.45. The first kappa shape index (κ1) is 6.77. The van der Waals surface area contributed by atoms with Crippen LogP contribution in [0.25, 0.3) is 0 Å². The largest absolute Gasteiger partial charge is 0.204 e. The van der Waals surface area contributed by atoms with Gasteiger partial charge in [0.1, 0.15) is 0 Å². The molecule has 1 aliphatic rings. The van der Waals surface area contributed by atoms with Crippen LogP contribution < -0.4 is 0 Å². The molecule has 0 aromatic heterocycles. The standard InChI is InChI=1S/C9H8F2/c10-8-5-4-6-2-1-3-7(6)9(8)11/h4-5H,1-3H2. The average molecular weight is 154 g/mol. The van der Waals surface area contributed by atoms with Crippen LogP contribution in [-0.4, -0.2) is 0 Å². The Balaban J connectivity index is 2.62. The van der Waals surface area contributed by atoms with Crippen LogP contribution in [0.4, 0.5) is 8.78 Å². The van der Waals surface area contributed by atoms with Crippen molar-refractivity contribution in [2.45, 2.75) is 19.3 Å². The average Bonchev–Trinajstić information content (AvgIpc) is 2.45. The van der Waals surface area contributed by atoms with Gasteiger partial charge >= 0.3 is 0 Å². The molecule has 1 aromatic carbocycles. The lowest BCUT2D eigenvalue weighted by Gasteiger charge is -1.99. The van der Waals surface area contributed by atoms with Crippen molar-refractivity contribution in [3.05, 3.63) is 34.9 Å². The highest BCUT2D eigenvalue weighted by Crippen LogP contribution is 2.25. The topological polar surface area (TPSA) is 0 Å². The molecule has 58 valence electrons. The van der Waals surface area contributed by atoms with Crippen molar-refractivity contribution in [3.8, 4) is 0 Å². The number of rotatable bonds is 0. The van der Waals surface area contributed by atoms with Gasteiger partial charge in [-0.2, -0.15) is 0 Å². The first-order valence-electron chi connectivity index (χ1n) is 3.75. The highest BCUT2D eigenvalue weighted by atomic mass is 19.2. The molecule has 1 aromatic rings. The number of benzene rings is 1. The zero-order chi connectivity index (χ0) is 7.84. The minimum Gasteiger partial charge on any atom is -0.204 e. The summed E-state index contributed by atoms with van der Waals surface area (Å²) in [6, 6.07) is 2.89. The van der Waals surface area contributed by atoms with Crippen molar-refractivity contribution >= 4 is 0 Å². The molecule has 0 atom stereocenters. The van der Waals surface area contributed by atoms with Gasteiger partial charge in [-0.05, 0) is 36.5 Å². The maximum absolute atomic E-state index is 12.9. The van der Waals surface area contributed by atoms with E-state index in [-0.39, 0.29) is 0 Å². The van der Waals surface area contributed by atoms with Crippen molar-refractivity contribution < 1.29 is 8.78 Å². The Morgan fingerprint density at radius 1 is 1.09 bits per heavy atom. The van der Waals surface area contributed by atoms with Crippen LogP contribution in [0.3, 0.4) is 0 Å². The van der Waals surface area contributed by atoms with Gasteiger partial charge in [0.05, 0.1) is 0 Å². The monoisotopic (exact) mass is 154 g/mol. The third-order valence-electron chi connectivity index (χ3n) is 2.17. The number of hydrogen-bond acceptors (Lipinski definition) is 0. The Labute approximate surface area is 63.9 Å². The molecule has 2 rings (SSSR count). The number of aryl methyl sites for hydroxylation is 1. The minimum absolute atomic E-state index is 0.588. The second-order valence-corrected chi connectivity index (χ2v) is 2.85. The summed E-state index contributed by atoms with van der Waals surface area (Å²) in [5, 5.41) is 0. The van der Waals surface area contributed by atoms with Crippen LogP contribution in [0, 0.1) is 11.6 Å². The molecule has 11 heavy (non-hydrogen) atoms. The van der Waals surface area contributed by atoms with Crippen LogP contribution in [0.15, 0.2) is 12.1 Å². The highest BCUT2D eigenvalue weighted by Gasteiger charge is 2.17. The van der Waals surface area contributed by atoms with E-state index in [1.54, 1.807) is 6.07 Å². The van der Waals surface area contributed by atoms with Crippen LogP contribution in [0.1, 0.15) is 17.5 Å². The molecule has 0 saturated carbocycles. The Morgan fingerprint density at radius 3 is 2.73 bits per heavy atom. The molecule has 0 aliphatic heterocycles. The normalized spacial score (nSPS) is 15.1. The van der Waals surface area contributed by atoms with E-state index in [9.17, 15) is 8.78 Å². The lowest BCUT2D eigenvalue weighted by atomic mass is 10.1. The lowest BCUT2D eigenvalue weighted by molar-refractivity contribution is 0.500. The van der Waals surface area contributed by atoms with E-state index in [2.05, 4.69) is 0 Å². The minimum atomic E-state index is -0.717. The third-order valence-corrected chi connectivity index (χ3v) is 2.17. The zero-order valence-corrected chi connectivity index (χ0v) is 6.03. The van der Waals surface area contributed by atoms with E-state index in [1.165, 1.54) is 6.07 Å². The third kappa shape index (κ3) is 0.934. The molecule has 0 radical (unpaired) electrons. The van der Waals surface area contributed by atoms with Crippen molar-refractivity contribution in [2.75, 3.05) is 0 Å². The maximum Gasteiger partial charge on any atom is 0.162 e. The first-order valence-corrected chi connectivity index (χ1v) is 3.75. The molecule has 0 heterocycles. The summed E-state index contributed by atoms with van der Waals surface area (Å²) in [4.78, 5) is 0. The molecule has 0 saturated heterocycles. The van der Waals surface area contributed by atoms with Crippen LogP contribution in [0.2, 0.25) is 0 Å². The van der Waals surface area contributed by atoms with E-state index in [1.807, 2.05) is 0 Å². The molecule has 0 fully saturated rings. The van der Waals surface area contributed by atoms with Crippen molar-refractivity contribution in [1.29, 1.82) is 0 Å². The van der Waals surface area contributed by atoms with Gasteiger partial charge in [0, 0.05) is 0 Å². The number of halogens is 2. The van der Waals surface area contributed by atoms with E-state index in [4.69, 9.17) is 0 Å². The molecule has 0 bridgehead atoms. The molecule has 2 heteroatoms. The van der Waals surface area contributed by atoms with Gasteiger partial charge in [-0.15, -0.1) is 0 Å². The van der Waals surface area contributed by atoms with E-state index in [0.717, 1.165) is 18.4 Å². The smallest absolute Gasteiger partial charge is 0.162 e. The van der Waals surface area contributed by atoms with Crippen molar-refractivity contribution in [3.63, 3.8) is 0 Å². The molecule has 0 amide bonds. The number of hydrogen-bond donors (Lipinski definition) is 0. The van der Waals surface area contributed by atoms with Crippen molar-refractivity contribution in [2.24, 2.45) is 0 Å². The van der Waals surface area contributed by atoms with Crippen molar-refractivity contribution in [1.82, 2.24) is 0 Å². The summed E-state index contributed by atoms with van der Waals surface area (Å²) >= 11 is 0. The lowest BCUT2D eigenvalue weighted by Crippen LogP contribution is -1.92. The summed E-state index contributed by atoms with van der Waals surface area (Å²) in [7, 11) is 0. The van der Waals surface area contributed by atoms with Crippen LogP contribution in [-0.2, 0) is 12.8 Å². The molecule has 0 spiro atoms. The fourth-order valence-corrected chi connectivity index (χ4v) is 1.59. The number of fused-ring (bicyclic) bond motifs is 1. The van der Waals surface area contributed by atoms with E-state index < -0.39 is 11.6 Å². The van der Waals surface area contributed by atoms with Gasteiger partial charge in [-0.3, -0.25) is 0 Å². The van der Waals surface area contributed by atoms with Gasteiger partial charge in [0.2, 0.25) is 0 Å². The molecule has 0 nitrogen and oxygen atoms in total. The molecular weight excluding hydrogens is 146 g/mol. The first-order chi connectivity index (χ1) is 5.29. The Hall–Kier alpha value is -0.920. The highest BCUT2D eigenvalue weighted by molar-refractivity contribution is 5.33. The summed E-state index contributed by atoms with van der Waals surface area (Å²) < 4.78 is 25.5. The fraction of sp³-hybridized carbons (Fsp3) is 0.333. The Bertz CT molecular complexity index is 292. The van der Waals surface area contributed by atoms with Crippen LogP contribution >= 0.6 is 0 Å². The van der Waals surface area contributed by atoms with Gasteiger partial charge in [-0.1, -0.05) is 6.07 Å². The molecule has 0 N–H and O–H groups in total. The second kappa shape index (κ2) is 2.29. The quantitative estimate of drug-likeness (QED) is 0.538. The maximum atomic E-state index is 12.9. The van der Waals surface area contributed by atoms with Crippen LogP contribution in [0.5, 0.6) is 0 Å². The molecular formula is C9H8F2. The SMILES string of the molecule is Fc1ccc2c(c1F)CCC2. The molecule has 0 unspecified atom stereocenters. The molecule has 1 aliphatic carbocycles. The van der Waals surface area contributed by atoms with E-state index in [0.29, 0.717) is 12.0 Å². The van der Waals surface area contributed by atoms with Gasteiger partial charge in [0.25, 0.3) is 0 Å². The zero-order valence-electron chi connectivity index (χ0n) is 6.03. The van der Waals surface area contributed by atoms with Gasteiger partial charge in [-0.25, -0.2) is 8.78 Å². The fourth-order valence-electron chi connectivity index (χ4n) is 1.59. The summed E-state index contributed by atoms with van der Waals surface area (Å²) in [6.45, 7) is 0. The Morgan fingerprint density at radius 2 is 1.91 bits per heavy atom. The Kier molecular flexibility index (Phi) is 1.41. The van der Waals surface area contributed by atoms with E-state index >= 15 is 0 Å².